The van der Waals surface area contributed by atoms with Crippen LogP contribution in [0, 0.1) is 5.92 Å². The zero-order chi connectivity index (χ0) is 32.1. The lowest BCUT2D eigenvalue weighted by molar-refractivity contribution is -0.142. The molecule has 0 saturated heterocycles. The fraction of sp³-hybridized carbons (Fsp3) is 0.652. The van der Waals surface area contributed by atoms with Crippen LogP contribution in [0.15, 0.2) is 0 Å². The number of carbonyl (C=O) groups is 8. The third-order valence-corrected chi connectivity index (χ3v) is 6.09. The average Bonchev–Trinajstić information content (AvgIpc) is 2.81. The molecule has 0 radical (unpaired) electrons. The number of thiol groups is 1. The van der Waals surface area contributed by atoms with Gasteiger partial charge < -0.3 is 46.8 Å². The Morgan fingerprint density at radius 1 is 0.683 bits per heavy atom. The van der Waals surface area contributed by atoms with E-state index in [4.69, 9.17) is 15.3 Å². The standard InChI is InChI=1S/C23H36N4O13S/c1-10(2)19(22(39)26-14(9-18(35)36)23(40,41)7-6-16(31)32)27-20(37)12(4-5-15(29)30)25-21(38)13(8-17(33)34)24-11(3)28/h10,12-14,19,40-41H,4-9H2,1-3H3,(H,24,28)(H,25,38)(H,26,39)(H,27,37)(H,29,30)(H,31,32)(H,33,34)(H,35,36)/t12-,13-,14-,19-,23-/m0/s1. The van der Waals surface area contributed by atoms with E-state index in [-0.39, 0.29) is 0 Å². The lowest BCUT2D eigenvalue weighted by atomic mass is 9.98. The van der Waals surface area contributed by atoms with Crippen LogP contribution in [0.25, 0.3) is 0 Å². The quantitative estimate of drug-likeness (QED) is 0.0556. The van der Waals surface area contributed by atoms with Crippen molar-refractivity contribution in [3.63, 3.8) is 0 Å². The van der Waals surface area contributed by atoms with Gasteiger partial charge in [0.2, 0.25) is 23.6 Å². The molecular formula is C23H36N4O13S. The summed E-state index contributed by atoms with van der Waals surface area (Å²) in [6, 6.07) is -6.25. The van der Waals surface area contributed by atoms with Crippen LogP contribution in [0.4, 0.5) is 0 Å². The third-order valence-electron chi connectivity index (χ3n) is 5.56. The zero-order valence-electron chi connectivity index (χ0n) is 22.6. The van der Waals surface area contributed by atoms with E-state index in [1.807, 2.05) is 0 Å². The van der Waals surface area contributed by atoms with Gasteiger partial charge in [0, 0.05) is 19.8 Å². The van der Waals surface area contributed by atoms with Gasteiger partial charge >= 0.3 is 23.9 Å². The Balaban J connectivity index is 5.97. The Bertz CT molecular complexity index is 1000. The molecule has 232 valence electrons. The molecule has 17 nitrogen and oxygen atoms in total. The number of aliphatic hydroxyl groups is 1. The van der Waals surface area contributed by atoms with Crippen molar-refractivity contribution < 1.29 is 63.9 Å². The summed E-state index contributed by atoms with van der Waals surface area (Å²) in [5, 5.41) is 55.6. The summed E-state index contributed by atoms with van der Waals surface area (Å²) in [6.07, 6.45) is -3.99. The Labute approximate surface area is 239 Å². The highest BCUT2D eigenvalue weighted by Gasteiger charge is 2.39. The smallest absolute Gasteiger partial charge is 0.305 e. The topological polar surface area (TPSA) is 286 Å². The summed E-state index contributed by atoms with van der Waals surface area (Å²) in [5.74, 6) is -10.2. The van der Waals surface area contributed by atoms with Gasteiger partial charge in [-0.05, 0) is 18.8 Å². The van der Waals surface area contributed by atoms with Gasteiger partial charge in [-0.25, -0.2) is 0 Å². The molecule has 5 atom stereocenters. The van der Waals surface area contributed by atoms with E-state index in [0.717, 1.165) is 6.92 Å². The highest BCUT2D eigenvalue weighted by Crippen LogP contribution is 2.25. The fourth-order valence-electron chi connectivity index (χ4n) is 3.46. The maximum atomic E-state index is 13.1. The van der Waals surface area contributed by atoms with E-state index < -0.39 is 121 Å². The summed E-state index contributed by atoms with van der Waals surface area (Å²) < 4.78 is 0. The lowest BCUT2D eigenvalue weighted by Crippen LogP contribution is -2.60. The molecule has 4 amide bonds. The number of hydrogen-bond donors (Lipinski definition) is 10. The first kappa shape index (κ1) is 37.1. The number of carboxylic acid groups (broad SMARTS) is 4. The Morgan fingerprint density at radius 2 is 1.20 bits per heavy atom. The molecule has 0 aliphatic carbocycles. The van der Waals surface area contributed by atoms with Gasteiger partial charge in [-0.3, -0.25) is 38.4 Å². The van der Waals surface area contributed by atoms with Crippen LogP contribution in [0.2, 0.25) is 0 Å². The highest BCUT2D eigenvalue weighted by molar-refractivity contribution is 7.81. The largest absolute Gasteiger partial charge is 0.481 e. The van der Waals surface area contributed by atoms with Crippen LogP contribution in [-0.4, -0.2) is 102 Å². The van der Waals surface area contributed by atoms with E-state index >= 15 is 0 Å². The first-order valence-corrected chi connectivity index (χ1v) is 12.7. The first-order chi connectivity index (χ1) is 18.8. The van der Waals surface area contributed by atoms with Crippen LogP contribution in [-0.2, 0) is 38.4 Å². The van der Waals surface area contributed by atoms with Crippen LogP contribution >= 0.6 is 12.6 Å². The molecule has 0 bridgehead atoms. The predicted octanol–water partition coefficient (Wildman–Crippen LogP) is -2.10. The number of rotatable bonds is 19. The van der Waals surface area contributed by atoms with Crippen molar-refractivity contribution in [3.8, 4) is 0 Å². The molecule has 0 fully saturated rings. The number of carboxylic acids is 4. The summed E-state index contributed by atoms with van der Waals surface area (Å²) in [6.45, 7) is 3.99. The minimum atomic E-state index is -2.28. The molecule has 41 heavy (non-hydrogen) atoms. The van der Waals surface area contributed by atoms with Gasteiger partial charge in [0.25, 0.3) is 0 Å². The van der Waals surface area contributed by atoms with E-state index in [2.05, 4.69) is 33.9 Å². The summed E-state index contributed by atoms with van der Waals surface area (Å²) in [7, 11) is 0. The van der Waals surface area contributed by atoms with E-state index in [1.165, 1.54) is 13.8 Å². The highest BCUT2D eigenvalue weighted by atomic mass is 32.1. The minimum Gasteiger partial charge on any atom is -0.481 e. The third kappa shape index (κ3) is 14.9. The first-order valence-electron chi connectivity index (χ1n) is 12.3. The second kappa shape index (κ2) is 17.0. The molecule has 0 aromatic heterocycles. The van der Waals surface area contributed by atoms with Gasteiger partial charge in [-0.2, -0.15) is 0 Å². The molecule has 0 aromatic carbocycles. The van der Waals surface area contributed by atoms with E-state index in [1.54, 1.807) is 0 Å². The van der Waals surface area contributed by atoms with Crippen molar-refractivity contribution in [2.45, 2.75) is 88.4 Å². The number of carbonyl (C=O) groups excluding carboxylic acids is 4. The molecule has 0 saturated carbocycles. The van der Waals surface area contributed by atoms with Gasteiger partial charge in [-0.15, -0.1) is 12.6 Å². The summed E-state index contributed by atoms with van der Waals surface area (Å²) in [5.41, 5.74) is 0. The van der Waals surface area contributed by atoms with Crippen molar-refractivity contribution in [1.29, 1.82) is 0 Å². The molecule has 0 heterocycles. The van der Waals surface area contributed by atoms with E-state index in [0.29, 0.717) is 0 Å². The normalized spacial score (nSPS) is 15.3. The molecule has 9 N–H and O–H groups in total. The van der Waals surface area contributed by atoms with Gasteiger partial charge in [0.15, 0.2) is 0 Å². The summed E-state index contributed by atoms with van der Waals surface area (Å²) >= 11 is 3.93. The fourth-order valence-corrected chi connectivity index (χ4v) is 3.73. The van der Waals surface area contributed by atoms with Crippen molar-refractivity contribution in [3.05, 3.63) is 0 Å². The van der Waals surface area contributed by atoms with Crippen molar-refractivity contribution in [2.24, 2.45) is 5.92 Å². The number of nitrogens with one attached hydrogen (secondary N) is 4. The lowest BCUT2D eigenvalue weighted by Gasteiger charge is -2.33. The van der Waals surface area contributed by atoms with Crippen LogP contribution in [0.3, 0.4) is 0 Å². The number of aliphatic carboxylic acids is 4. The Hall–Kier alpha value is -3.93. The SMILES string of the molecule is CC(=O)N[C@@H](CC(=O)O)C(=O)N[C@@H](CCC(=O)O)C(=O)N[C@H](C(=O)N[C@@H](CC(=O)O)[C@@](O)(S)CCC(=O)O)C(C)C. The molecule has 0 aliphatic rings. The molecule has 0 spiro atoms. The maximum absolute atomic E-state index is 13.1. The van der Waals surface area contributed by atoms with E-state index in [9.17, 15) is 48.6 Å². The predicted molar refractivity (Wildman–Crippen MR) is 140 cm³/mol. The van der Waals surface area contributed by atoms with Crippen LogP contribution in [0.1, 0.15) is 59.3 Å². The molecule has 0 aliphatic heterocycles. The van der Waals surface area contributed by atoms with Crippen molar-refractivity contribution in [1.82, 2.24) is 21.3 Å². The Morgan fingerprint density at radius 3 is 1.63 bits per heavy atom. The molecule has 0 aromatic rings. The van der Waals surface area contributed by atoms with Gasteiger partial charge in [-0.1, -0.05) is 13.8 Å². The molecule has 0 rings (SSSR count). The second-order valence-electron chi connectivity index (χ2n) is 9.51. The second-order valence-corrected chi connectivity index (χ2v) is 10.3. The minimum absolute atomic E-state index is 0.494. The van der Waals surface area contributed by atoms with Crippen molar-refractivity contribution >= 4 is 60.1 Å². The monoisotopic (exact) mass is 608 g/mol. The zero-order valence-corrected chi connectivity index (χ0v) is 23.5. The molecule has 18 heteroatoms. The molecule has 0 unspecified atom stereocenters. The van der Waals surface area contributed by atoms with Gasteiger partial charge in [0.05, 0.1) is 18.9 Å². The van der Waals surface area contributed by atoms with Gasteiger partial charge in [0.1, 0.15) is 23.1 Å². The van der Waals surface area contributed by atoms with Crippen LogP contribution < -0.4 is 21.3 Å². The number of amides is 4. The average molecular weight is 609 g/mol. The number of hydrogen-bond acceptors (Lipinski definition) is 10. The summed E-state index contributed by atoms with van der Waals surface area (Å²) in [4.78, 5) is 92.4. The maximum Gasteiger partial charge on any atom is 0.305 e. The van der Waals surface area contributed by atoms with Crippen molar-refractivity contribution in [2.75, 3.05) is 0 Å². The Kier molecular flexibility index (Phi) is 15.4. The van der Waals surface area contributed by atoms with Crippen LogP contribution in [0.5, 0.6) is 0 Å². The molecular weight excluding hydrogens is 572 g/mol.